The molecule has 1 aliphatic heterocycles. The Hall–Kier alpha value is -1.72. The second-order valence-corrected chi connectivity index (χ2v) is 6.30. The molecular formula is C17H18BrN3O. The van der Waals surface area contributed by atoms with E-state index in [1.165, 1.54) is 18.4 Å². The van der Waals surface area contributed by atoms with Crippen LogP contribution >= 0.6 is 15.9 Å². The molecule has 1 atom stereocenters. The van der Waals surface area contributed by atoms with Gasteiger partial charge in [-0.3, -0.25) is 4.79 Å². The number of nitrogens with zero attached hydrogens (tertiary/aromatic N) is 1. The van der Waals surface area contributed by atoms with Gasteiger partial charge in [0.25, 0.3) is 5.91 Å². The van der Waals surface area contributed by atoms with Crippen LogP contribution in [0.5, 0.6) is 0 Å². The van der Waals surface area contributed by atoms with Crippen LogP contribution in [0.4, 0.5) is 5.69 Å². The van der Waals surface area contributed by atoms with Crippen LogP contribution in [-0.4, -0.2) is 24.0 Å². The highest BCUT2D eigenvalue weighted by Gasteiger charge is 2.15. The summed E-state index contributed by atoms with van der Waals surface area (Å²) in [5, 5.41) is 6.32. The fourth-order valence-electron chi connectivity index (χ4n) is 2.69. The maximum Gasteiger partial charge on any atom is 0.257 e. The van der Waals surface area contributed by atoms with Gasteiger partial charge in [0.2, 0.25) is 0 Å². The van der Waals surface area contributed by atoms with Gasteiger partial charge in [0.1, 0.15) is 4.60 Å². The summed E-state index contributed by atoms with van der Waals surface area (Å²) in [6.07, 6.45) is 4.00. The third-order valence-electron chi connectivity index (χ3n) is 3.93. The number of anilines is 1. The van der Waals surface area contributed by atoms with Crippen molar-refractivity contribution in [3.05, 3.63) is 58.3 Å². The molecule has 1 fully saturated rings. The average molecular weight is 360 g/mol. The lowest BCUT2D eigenvalue weighted by Gasteiger charge is -2.23. The van der Waals surface area contributed by atoms with E-state index in [1.54, 1.807) is 18.3 Å². The van der Waals surface area contributed by atoms with E-state index in [0.717, 1.165) is 23.4 Å². The molecule has 1 aliphatic rings. The van der Waals surface area contributed by atoms with Gasteiger partial charge in [-0.25, -0.2) is 4.98 Å². The molecule has 0 bridgehead atoms. The molecule has 0 radical (unpaired) electrons. The van der Waals surface area contributed by atoms with Crippen molar-refractivity contribution in [1.82, 2.24) is 10.3 Å². The van der Waals surface area contributed by atoms with E-state index in [-0.39, 0.29) is 5.91 Å². The summed E-state index contributed by atoms with van der Waals surface area (Å²) in [5.74, 6) is 0.432. The quantitative estimate of drug-likeness (QED) is 0.823. The van der Waals surface area contributed by atoms with Gasteiger partial charge in [-0.15, -0.1) is 0 Å². The maximum absolute atomic E-state index is 12.1. The summed E-state index contributed by atoms with van der Waals surface area (Å²) in [6, 6.07) is 11.6. The molecule has 0 aliphatic carbocycles. The monoisotopic (exact) mass is 359 g/mol. The fraction of sp³-hybridized carbons (Fsp3) is 0.294. The Balaban J connectivity index is 1.65. The minimum atomic E-state index is -0.146. The van der Waals surface area contributed by atoms with E-state index in [2.05, 4.69) is 43.7 Å². The van der Waals surface area contributed by atoms with E-state index >= 15 is 0 Å². The summed E-state index contributed by atoms with van der Waals surface area (Å²) >= 11 is 3.26. The van der Waals surface area contributed by atoms with E-state index in [1.807, 2.05) is 12.1 Å². The average Bonchev–Trinajstić information content (AvgIpc) is 2.57. The number of rotatable bonds is 3. The van der Waals surface area contributed by atoms with Gasteiger partial charge in [-0.2, -0.15) is 0 Å². The van der Waals surface area contributed by atoms with Gasteiger partial charge in [0.05, 0.1) is 5.56 Å². The summed E-state index contributed by atoms with van der Waals surface area (Å²) in [7, 11) is 0. The van der Waals surface area contributed by atoms with E-state index in [4.69, 9.17) is 0 Å². The van der Waals surface area contributed by atoms with Crippen LogP contribution in [0, 0.1) is 0 Å². The van der Waals surface area contributed by atoms with Gasteiger partial charge in [0.15, 0.2) is 0 Å². The van der Waals surface area contributed by atoms with Gasteiger partial charge in [-0.05, 0) is 71.1 Å². The standard InChI is InChI=1S/C17H18BrN3O/c18-16-8-5-14(11-20-16)17(22)21-15-6-3-12(4-7-15)13-2-1-9-19-10-13/h3-8,11,13,19H,1-2,9-10H2,(H,21,22)/t13-/m1/s1. The van der Waals surface area contributed by atoms with Crippen molar-refractivity contribution < 1.29 is 4.79 Å². The Morgan fingerprint density at radius 3 is 2.68 bits per heavy atom. The molecule has 0 spiro atoms. The molecule has 1 saturated heterocycles. The zero-order chi connectivity index (χ0) is 15.4. The number of benzene rings is 1. The second-order valence-electron chi connectivity index (χ2n) is 5.49. The molecule has 4 nitrogen and oxygen atoms in total. The summed E-state index contributed by atoms with van der Waals surface area (Å²) in [4.78, 5) is 16.2. The Morgan fingerprint density at radius 1 is 1.23 bits per heavy atom. The molecule has 2 N–H and O–H groups in total. The number of hydrogen-bond acceptors (Lipinski definition) is 3. The maximum atomic E-state index is 12.1. The van der Waals surface area contributed by atoms with Crippen molar-refractivity contribution in [1.29, 1.82) is 0 Å². The van der Waals surface area contributed by atoms with Crippen LogP contribution in [0.2, 0.25) is 0 Å². The number of pyridine rings is 1. The molecule has 1 aromatic heterocycles. The van der Waals surface area contributed by atoms with Gasteiger partial charge < -0.3 is 10.6 Å². The molecule has 3 rings (SSSR count). The molecule has 5 heteroatoms. The summed E-state index contributed by atoms with van der Waals surface area (Å²) in [6.45, 7) is 2.15. The third kappa shape index (κ3) is 3.72. The molecule has 2 heterocycles. The first-order chi connectivity index (χ1) is 10.7. The molecule has 0 saturated carbocycles. The van der Waals surface area contributed by atoms with Crippen molar-refractivity contribution in [3.8, 4) is 0 Å². The molecule has 2 aromatic rings. The minimum Gasteiger partial charge on any atom is -0.322 e. The Kier molecular flexibility index (Phi) is 4.85. The normalized spacial score (nSPS) is 18.0. The number of nitrogens with one attached hydrogen (secondary N) is 2. The van der Waals surface area contributed by atoms with Crippen molar-refractivity contribution in [2.24, 2.45) is 0 Å². The molecule has 1 amide bonds. The lowest BCUT2D eigenvalue weighted by atomic mass is 9.92. The first-order valence-corrected chi connectivity index (χ1v) is 8.25. The van der Waals surface area contributed by atoms with Crippen molar-refractivity contribution in [3.63, 3.8) is 0 Å². The van der Waals surface area contributed by atoms with E-state index in [9.17, 15) is 4.79 Å². The largest absolute Gasteiger partial charge is 0.322 e. The molecule has 22 heavy (non-hydrogen) atoms. The first-order valence-electron chi connectivity index (χ1n) is 7.46. The molecule has 0 unspecified atom stereocenters. The summed E-state index contributed by atoms with van der Waals surface area (Å²) < 4.78 is 0.717. The molecule has 1 aromatic carbocycles. The van der Waals surface area contributed by atoms with E-state index < -0.39 is 0 Å². The van der Waals surface area contributed by atoms with Crippen LogP contribution < -0.4 is 10.6 Å². The van der Waals surface area contributed by atoms with Crippen LogP contribution in [0.15, 0.2) is 47.2 Å². The number of carbonyl (C=O) groups is 1. The van der Waals surface area contributed by atoms with E-state index in [0.29, 0.717) is 11.5 Å². The summed E-state index contributed by atoms with van der Waals surface area (Å²) in [5.41, 5.74) is 2.68. The SMILES string of the molecule is O=C(Nc1ccc([C@@H]2CCCNC2)cc1)c1ccc(Br)nc1. The zero-order valence-corrected chi connectivity index (χ0v) is 13.8. The number of piperidine rings is 1. The van der Waals surface area contributed by atoms with Gasteiger partial charge >= 0.3 is 0 Å². The predicted octanol–water partition coefficient (Wildman–Crippen LogP) is 3.56. The highest BCUT2D eigenvalue weighted by atomic mass is 79.9. The third-order valence-corrected chi connectivity index (χ3v) is 4.40. The van der Waals surface area contributed by atoms with Gasteiger partial charge in [0, 0.05) is 18.4 Å². The minimum absolute atomic E-state index is 0.146. The van der Waals surface area contributed by atoms with Crippen molar-refractivity contribution in [2.75, 3.05) is 18.4 Å². The predicted molar refractivity (Wildman–Crippen MR) is 91.2 cm³/mol. The van der Waals surface area contributed by atoms with Crippen LogP contribution in [-0.2, 0) is 0 Å². The smallest absolute Gasteiger partial charge is 0.257 e. The highest BCUT2D eigenvalue weighted by molar-refractivity contribution is 9.10. The molecule has 114 valence electrons. The number of aromatic nitrogens is 1. The van der Waals surface area contributed by atoms with Crippen LogP contribution in [0.25, 0.3) is 0 Å². The second kappa shape index (κ2) is 7.03. The zero-order valence-electron chi connectivity index (χ0n) is 12.2. The number of amides is 1. The first kappa shape index (κ1) is 15.2. The Bertz CT molecular complexity index is 634. The number of carbonyl (C=O) groups excluding carboxylic acids is 1. The Morgan fingerprint density at radius 2 is 2.05 bits per heavy atom. The topological polar surface area (TPSA) is 54.0 Å². The fourth-order valence-corrected chi connectivity index (χ4v) is 2.92. The van der Waals surface area contributed by atoms with Gasteiger partial charge in [-0.1, -0.05) is 12.1 Å². The van der Waals surface area contributed by atoms with Crippen molar-refractivity contribution in [2.45, 2.75) is 18.8 Å². The lowest BCUT2D eigenvalue weighted by molar-refractivity contribution is 0.102. The Labute approximate surface area is 138 Å². The number of halogens is 1. The number of hydrogen-bond donors (Lipinski definition) is 2. The van der Waals surface area contributed by atoms with Crippen LogP contribution in [0.1, 0.15) is 34.7 Å². The molecular weight excluding hydrogens is 342 g/mol. The van der Waals surface area contributed by atoms with Crippen LogP contribution in [0.3, 0.4) is 0 Å². The lowest BCUT2D eigenvalue weighted by Crippen LogP contribution is -2.28. The highest BCUT2D eigenvalue weighted by Crippen LogP contribution is 2.24. The van der Waals surface area contributed by atoms with Crippen molar-refractivity contribution >= 4 is 27.5 Å².